The van der Waals surface area contributed by atoms with Crippen LogP contribution >= 0.6 is 0 Å². The van der Waals surface area contributed by atoms with Gasteiger partial charge in [-0.15, -0.1) is 0 Å². The summed E-state index contributed by atoms with van der Waals surface area (Å²) >= 11 is 0. The zero-order chi connectivity index (χ0) is 24.4. The highest BCUT2D eigenvalue weighted by Gasteiger charge is 2.67. The third-order valence-corrected chi connectivity index (χ3v) is 12.4. The second-order valence-corrected chi connectivity index (χ2v) is 14.3. The van der Waals surface area contributed by atoms with E-state index in [2.05, 4.69) is 61.5 Å². The SMILES string of the molecule is CC(=O)OC1CCC2(C)C3CCC4(C)C(C(C)CC=C(C)C)CCC4(C)C3CCC2C1(C)C. The number of fused-ring (bicyclic) bond motifs is 5. The molecule has 0 saturated heterocycles. The molecule has 0 aromatic heterocycles. The third-order valence-electron chi connectivity index (χ3n) is 12.4. The molecule has 9 unspecified atom stereocenters. The number of allylic oxidation sites excluding steroid dienone is 2. The van der Waals surface area contributed by atoms with E-state index in [1.165, 1.54) is 56.9 Å². The first kappa shape index (κ1) is 25.3. The Balaban J connectivity index is 1.60. The lowest BCUT2D eigenvalue weighted by Gasteiger charge is -2.67. The zero-order valence-electron chi connectivity index (χ0n) is 23.2. The fraction of sp³-hybridized carbons (Fsp3) is 0.903. The number of hydrogen-bond donors (Lipinski definition) is 0. The average molecular weight is 457 g/mol. The maximum atomic E-state index is 11.8. The predicted octanol–water partition coefficient (Wildman–Crippen LogP) is 8.60. The van der Waals surface area contributed by atoms with Crippen LogP contribution in [0.3, 0.4) is 0 Å². The molecule has 4 saturated carbocycles. The zero-order valence-corrected chi connectivity index (χ0v) is 23.2. The lowest BCUT2D eigenvalue weighted by Crippen LogP contribution is -2.62. The van der Waals surface area contributed by atoms with Crippen molar-refractivity contribution in [3.63, 3.8) is 0 Å². The van der Waals surface area contributed by atoms with Gasteiger partial charge in [-0.05, 0) is 117 Å². The molecular weight excluding hydrogens is 404 g/mol. The van der Waals surface area contributed by atoms with Gasteiger partial charge in [-0.3, -0.25) is 4.79 Å². The van der Waals surface area contributed by atoms with Crippen LogP contribution in [-0.4, -0.2) is 12.1 Å². The summed E-state index contributed by atoms with van der Waals surface area (Å²) in [6, 6.07) is 0. The molecule has 4 aliphatic carbocycles. The quantitative estimate of drug-likeness (QED) is 0.313. The Hall–Kier alpha value is -0.790. The van der Waals surface area contributed by atoms with E-state index in [1.807, 2.05) is 0 Å². The number of rotatable bonds is 4. The van der Waals surface area contributed by atoms with Crippen LogP contribution in [-0.2, 0) is 9.53 Å². The maximum Gasteiger partial charge on any atom is 0.302 e. The number of hydrogen-bond acceptors (Lipinski definition) is 2. The molecule has 0 aliphatic heterocycles. The molecule has 4 rings (SSSR count). The first-order valence-corrected chi connectivity index (χ1v) is 14.1. The maximum absolute atomic E-state index is 11.8. The molecule has 0 heterocycles. The van der Waals surface area contributed by atoms with Crippen LogP contribution in [0.25, 0.3) is 0 Å². The standard InChI is InChI=1S/C31H52O2/c1-20(2)10-11-21(3)23-14-18-31(9)25-12-13-26-28(5,6)27(33-22(4)32)16-17-29(26,7)24(25)15-19-30(23,31)8/h10,21,23-27H,11-19H2,1-9H3. The molecular formula is C31H52O2. The van der Waals surface area contributed by atoms with E-state index in [9.17, 15) is 4.79 Å². The lowest BCUT2D eigenvalue weighted by molar-refractivity contribution is -0.209. The Kier molecular flexibility index (Phi) is 6.45. The molecule has 33 heavy (non-hydrogen) atoms. The average Bonchev–Trinajstić information content (AvgIpc) is 3.00. The molecule has 2 heteroatoms. The molecule has 0 amide bonds. The summed E-state index contributed by atoms with van der Waals surface area (Å²) in [5.41, 5.74) is 2.89. The third kappa shape index (κ3) is 3.76. The molecule has 2 nitrogen and oxygen atoms in total. The smallest absolute Gasteiger partial charge is 0.302 e. The van der Waals surface area contributed by atoms with E-state index < -0.39 is 0 Å². The largest absolute Gasteiger partial charge is 0.462 e. The normalized spacial score (nSPS) is 47.0. The monoisotopic (exact) mass is 456 g/mol. The Bertz CT molecular complexity index is 791. The molecule has 0 spiro atoms. The van der Waals surface area contributed by atoms with Crippen LogP contribution in [0.2, 0.25) is 0 Å². The van der Waals surface area contributed by atoms with Gasteiger partial charge in [0.25, 0.3) is 0 Å². The molecule has 0 radical (unpaired) electrons. The van der Waals surface area contributed by atoms with E-state index in [1.54, 1.807) is 6.92 Å². The van der Waals surface area contributed by atoms with Gasteiger partial charge in [0.2, 0.25) is 0 Å². The fourth-order valence-corrected chi connectivity index (χ4v) is 10.4. The van der Waals surface area contributed by atoms with Crippen LogP contribution in [0.5, 0.6) is 0 Å². The van der Waals surface area contributed by atoms with E-state index in [0.29, 0.717) is 22.2 Å². The highest BCUT2D eigenvalue weighted by molar-refractivity contribution is 5.66. The van der Waals surface area contributed by atoms with Gasteiger partial charge in [-0.25, -0.2) is 0 Å². The molecule has 188 valence electrons. The van der Waals surface area contributed by atoms with Crippen molar-refractivity contribution in [2.24, 2.45) is 51.2 Å². The Labute approximate surface area is 204 Å². The van der Waals surface area contributed by atoms with E-state index in [0.717, 1.165) is 30.1 Å². The summed E-state index contributed by atoms with van der Waals surface area (Å²) < 4.78 is 5.88. The fourth-order valence-electron chi connectivity index (χ4n) is 10.4. The Morgan fingerprint density at radius 2 is 1.55 bits per heavy atom. The molecule has 4 aliphatic rings. The van der Waals surface area contributed by atoms with Crippen LogP contribution in [0.15, 0.2) is 11.6 Å². The number of carbonyl (C=O) groups excluding carboxylic acids is 1. The highest BCUT2D eigenvalue weighted by Crippen LogP contribution is 2.74. The van der Waals surface area contributed by atoms with Gasteiger partial charge in [0, 0.05) is 12.3 Å². The van der Waals surface area contributed by atoms with Crippen molar-refractivity contribution in [2.45, 2.75) is 126 Å². The minimum absolute atomic E-state index is 0.0718. The van der Waals surface area contributed by atoms with E-state index in [-0.39, 0.29) is 17.5 Å². The van der Waals surface area contributed by atoms with Crippen molar-refractivity contribution < 1.29 is 9.53 Å². The minimum Gasteiger partial charge on any atom is -0.462 e. The van der Waals surface area contributed by atoms with Gasteiger partial charge in [0.15, 0.2) is 0 Å². The summed E-state index contributed by atoms with van der Waals surface area (Å²) in [5.74, 6) is 3.89. The van der Waals surface area contributed by atoms with Gasteiger partial charge < -0.3 is 4.74 Å². The summed E-state index contributed by atoms with van der Waals surface area (Å²) in [5, 5.41) is 0. The Morgan fingerprint density at radius 3 is 2.18 bits per heavy atom. The molecule has 0 bridgehead atoms. The predicted molar refractivity (Wildman–Crippen MR) is 138 cm³/mol. The molecule has 0 aromatic rings. The van der Waals surface area contributed by atoms with Gasteiger partial charge in [0.05, 0.1) is 0 Å². The van der Waals surface area contributed by atoms with Crippen LogP contribution in [0.1, 0.15) is 120 Å². The van der Waals surface area contributed by atoms with Crippen LogP contribution < -0.4 is 0 Å². The first-order valence-electron chi connectivity index (χ1n) is 14.1. The first-order chi connectivity index (χ1) is 15.3. The topological polar surface area (TPSA) is 26.3 Å². The van der Waals surface area contributed by atoms with Crippen molar-refractivity contribution in [3.05, 3.63) is 11.6 Å². The van der Waals surface area contributed by atoms with E-state index in [4.69, 9.17) is 4.74 Å². The molecule has 4 fully saturated rings. The summed E-state index contributed by atoms with van der Waals surface area (Å²) in [7, 11) is 0. The molecule has 0 aromatic carbocycles. The summed E-state index contributed by atoms with van der Waals surface area (Å²) in [4.78, 5) is 11.8. The van der Waals surface area contributed by atoms with Crippen molar-refractivity contribution in [2.75, 3.05) is 0 Å². The molecule has 9 atom stereocenters. The van der Waals surface area contributed by atoms with Gasteiger partial charge in [-0.1, -0.05) is 53.2 Å². The molecule has 0 N–H and O–H groups in total. The number of esters is 1. The van der Waals surface area contributed by atoms with Gasteiger partial charge in [0.1, 0.15) is 6.10 Å². The highest BCUT2D eigenvalue weighted by atomic mass is 16.5. The lowest BCUT2D eigenvalue weighted by atomic mass is 9.38. The van der Waals surface area contributed by atoms with Gasteiger partial charge >= 0.3 is 5.97 Å². The van der Waals surface area contributed by atoms with Gasteiger partial charge in [-0.2, -0.15) is 0 Å². The number of carbonyl (C=O) groups is 1. The van der Waals surface area contributed by atoms with E-state index >= 15 is 0 Å². The minimum atomic E-state index is -0.106. The Morgan fingerprint density at radius 1 is 0.879 bits per heavy atom. The summed E-state index contributed by atoms with van der Waals surface area (Å²) in [6.07, 6.45) is 14.4. The van der Waals surface area contributed by atoms with Crippen LogP contribution in [0.4, 0.5) is 0 Å². The second-order valence-electron chi connectivity index (χ2n) is 14.3. The van der Waals surface area contributed by atoms with Crippen molar-refractivity contribution >= 4 is 5.97 Å². The van der Waals surface area contributed by atoms with Crippen molar-refractivity contribution in [1.82, 2.24) is 0 Å². The number of ether oxygens (including phenoxy) is 1. The van der Waals surface area contributed by atoms with Crippen LogP contribution in [0, 0.1) is 51.2 Å². The summed E-state index contributed by atoms with van der Waals surface area (Å²) in [6.45, 7) is 21.4. The van der Waals surface area contributed by atoms with Crippen molar-refractivity contribution in [1.29, 1.82) is 0 Å². The van der Waals surface area contributed by atoms with Crippen molar-refractivity contribution in [3.8, 4) is 0 Å². The second kappa shape index (κ2) is 8.41.